The Morgan fingerprint density at radius 3 is 2.44 bits per heavy atom. The van der Waals surface area contributed by atoms with E-state index in [4.69, 9.17) is 5.41 Å². The zero-order valence-electron chi connectivity index (χ0n) is 5.43. The van der Waals surface area contributed by atoms with Crippen molar-refractivity contribution >= 4 is 12.7 Å². The molecular formula is C6H11N3. The molecule has 0 spiro atoms. The molecule has 1 saturated heterocycles. The first-order valence-electron chi connectivity index (χ1n) is 3.15. The third-order valence-electron chi connectivity index (χ3n) is 1.56. The molecule has 1 aliphatic rings. The largest absolute Gasteiger partial charge is 0.341 e. The number of guanidine groups is 1. The Morgan fingerprint density at radius 2 is 2.00 bits per heavy atom. The van der Waals surface area contributed by atoms with Crippen molar-refractivity contribution in [2.45, 2.75) is 12.8 Å². The molecule has 1 fully saturated rings. The van der Waals surface area contributed by atoms with Crippen LogP contribution < -0.4 is 0 Å². The molecule has 1 heterocycles. The lowest BCUT2D eigenvalue weighted by Crippen LogP contribution is -2.24. The Balaban J connectivity index is 2.41. The lowest BCUT2D eigenvalue weighted by atomic mass is 10.4. The van der Waals surface area contributed by atoms with Crippen LogP contribution in [-0.4, -0.2) is 30.7 Å². The van der Waals surface area contributed by atoms with E-state index in [9.17, 15) is 0 Å². The highest BCUT2D eigenvalue weighted by Crippen LogP contribution is 2.06. The molecule has 0 radical (unpaired) electrons. The summed E-state index contributed by atoms with van der Waals surface area (Å²) in [7, 11) is 0. The van der Waals surface area contributed by atoms with Crippen LogP contribution in [0.5, 0.6) is 0 Å². The zero-order chi connectivity index (χ0) is 6.69. The summed E-state index contributed by atoms with van der Waals surface area (Å²) in [6, 6.07) is 0. The van der Waals surface area contributed by atoms with Crippen LogP contribution in [-0.2, 0) is 0 Å². The van der Waals surface area contributed by atoms with Gasteiger partial charge in [-0.1, -0.05) is 0 Å². The minimum atomic E-state index is 0.326. The van der Waals surface area contributed by atoms with E-state index in [0.29, 0.717) is 5.96 Å². The summed E-state index contributed by atoms with van der Waals surface area (Å²) in [5.41, 5.74) is 0. The molecule has 50 valence electrons. The van der Waals surface area contributed by atoms with Gasteiger partial charge < -0.3 is 4.90 Å². The molecule has 3 heteroatoms. The lowest BCUT2D eigenvalue weighted by molar-refractivity contribution is 0.510. The summed E-state index contributed by atoms with van der Waals surface area (Å²) in [5, 5.41) is 7.23. The average molecular weight is 125 g/mol. The highest BCUT2D eigenvalue weighted by molar-refractivity contribution is 5.81. The van der Waals surface area contributed by atoms with Crippen LogP contribution in [0.25, 0.3) is 0 Å². The fraction of sp³-hybridized carbons (Fsp3) is 0.667. The third kappa shape index (κ3) is 1.28. The van der Waals surface area contributed by atoms with Crippen LogP contribution in [0.2, 0.25) is 0 Å². The lowest BCUT2D eigenvalue weighted by Gasteiger charge is -2.12. The smallest absolute Gasteiger partial charge is 0.217 e. The van der Waals surface area contributed by atoms with E-state index in [-0.39, 0.29) is 0 Å². The van der Waals surface area contributed by atoms with Gasteiger partial charge >= 0.3 is 0 Å². The fourth-order valence-corrected chi connectivity index (χ4v) is 1.03. The van der Waals surface area contributed by atoms with E-state index in [0.717, 1.165) is 13.1 Å². The molecule has 0 aromatic heterocycles. The molecule has 1 N–H and O–H groups in total. The van der Waals surface area contributed by atoms with Crippen molar-refractivity contribution in [1.29, 1.82) is 5.41 Å². The number of rotatable bonds is 0. The van der Waals surface area contributed by atoms with Crippen molar-refractivity contribution < 1.29 is 0 Å². The Hall–Kier alpha value is -0.860. The summed E-state index contributed by atoms with van der Waals surface area (Å²) in [4.78, 5) is 5.47. The van der Waals surface area contributed by atoms with Gasteiger partial charge in [0.15, 0.2) is 0 Å². The second-order valence-electron chi connectivity index (χ2n) is 2.18. The SMILES string of the molecule is C=NC(=N)N1CCCC1. The van der Waals surface area contributed by atoms with E-state index in [1.165, 1.54) is 12.8 Å². The molecule has 9 heavy (non-hydrogen) atoms. The van der Waals surface area contributed by atoms with Gasteiger partial charge in [-0.15, -0.1) is 0 Å². The number of hydrogen-bond acceptors (Lipinski definition) is 1. The predicted molar refractivity (Wildman–Crippen MR) is 38.1 cm³/mol. The highest BCUT2D eigenvalue weighted by atomic mass is 15.3. The first kappa shape index (κ1) is 6.26. The van der Waals surface area contributed by atoms with Crippen LogP contribution >= 0.6 is 0 Å². The van der Waals surface area contributed by atoms with Crippen molar-refractivity contribution in [2.24, 2.45) is 4.99 Å². The van der Waals surface area contributed by atoms with Gasteiger partial charge in [-0.05, 0) is 19.6 Å². The molecular weight excluding hydrogens is 114 g/mol. The van der Waals surface area contributed by atoms with E-state index in [2.05, 4.69) is 11.7 Å². The maximum Gasteiger partial charge on any atom is 0.217 e. The quantitative estimate of drug-likeness (QED) is 0.376. The van der Waals surface area contributed by atoms with E-state index in [1.54, 1.807) is 0 Å². The van der Waals surface area contributed by atoms with Crippen molar-refractivity contribution in [1.82, 2.24) is 4.90 Å². The highest BCUT2D eigenvalue weighted by Gasteiger charge is 2.12. The van der Waals surface area contributed by atoms with E-state index in [1.807, 2.05) is 4.90 Å². The van der Waals surface area contributed by atoms with Gasteiger partial charge in [0.05, 0.1) is 0 Å². The number of aliphatic imine (C=N–C) groups is 1. The molecule has 0 amide bonds. The molecule has 0 bridgehead atoms. The van der Waals surface area contributed by atoms with Crippen LogP contribution in [0, 0.1) is 5.41 Å². The fourth-order valence-electron chi connectivity index (χ4n) is 1.03. The summed E-state index contributed by atoms with van der Waals surface area (Å²) >= 11 is 0. The number of nitrogens with zero attached hydrogens (tertiary/aromatic N) is 2. The summed E-state index contributed by atoms with van der Waals surface area (Å²) < 4.78 is 0. The minimum absolute atomic E-state index is 0.326. The minimum Gasteiger partial charge on any atom is -0.341 e. The van der Waals surface area contributed by atoms with Crippen LogP contribution in [0.4, 0.5) is 0 Å². The Labute approximate surface area is 54.9 Å². The van der Waals surface area contributed by atoms with E-state index < -0.39 is 0 Å². The maximum atomic E-state index is 7.23. The average Bonchev–Trinajstić information content (AvgIpc) is 2.37. The summed E-state index contributed by atoms with van der Waals surface area (Å²) in [5.74, 6) is 0.326. The standard InChI is InChI=1S/C6H11N3/c1-8-6(7)9-4-2-3-5-9/h7H,1-5H2. The van der Waals surface area contributed by atoms with Gasteiger partial charge in [0.2, 0.25) is 5.96 Å². The molecule has 0 aliphatic carbocycles. The van der Waals surface area contributed by atoms with Crippen molar-refractivity contribution in [3.05, 3.63) is 0 Å². The van der Waals surface area contributed by atoms with Crippen LogP contribution in [0.1, 0.15) is 12.8 Å². The molecule has 0 unspecified atom stereocenters. The number of nitrogens with one attached hydrogen (secondary N) is 1. The van der Waals surface area contributed by atoms with Gasteiger partial charge in [-0.25, -0.2) is 4.99 Å². The first-order valence-corrected chi connectivity index (χ1v) is 3.15. The van der Waals surface area contributed by atoms with Crippen molar-refractivity contribution in [3.63, 3.8) is 0 Å². The third-order valence-corrected chi connectivity index (χ3v) is 1.56. The van der Waals surface area contributed by atoms with Gasteiger partial charge in [0.25, 0.3) is 0 Å². The molecule has 0 atom stereocenters. The monoisotopic (exact) mass is 125 g/mol. The second-order valence-corrected chi connectivity index (χ2v) is 2.18. The van der Waals surface area contributed by atoms with E-state index >= 15 is 0 Å². The Kier molecular flexibility index (Phi) is 1.82. The van der Waals surface area contributed by atoms with Crippen LogP contribution in [0.15, 0.2) is 4.99 Å². The Morgan fingerprint density at radius 1 is 1.44 bits per heavy atom. The van der Waals surface area contributed by atoms with Crippen LogP contribution in [0.3, 0.4) is 0 Å². The van der Waals surface area contributed by atoms with Crippen molar-refractivity contribution in [3.8, 4) is 0 Å². The molecule has 1 rings (SSSR count). The summed E-state index contributed by atoms with van der Waals surface area (Å²) in [6.45, 7) is 5.26. The molecule has 0 aromatic carbocycles. The molecule has 0 aromatic rings. The second kappa shape index (κ2) is 2.62. The van der Waals surface area contributed by atoms with Crippen molar-refractivity contribution in [2.75, 3.05) is 13.1 Å². The molecule has 3 nitrogen and oxygen atoms in total. The normalized spacial score (nSPS) is 18.0. The zero-order valence-corrected chi connectivity index (χ0v) is 5.43. The van der Waals surface area contributed by atoms with Gasteiger partial charge in [0, 0.05) is 13.1 Å². The first-order chi connectivity index (χ1) is 4.34. The van der Waals surface area contributed by atoms with Gasteiger partial charge in [-0.2, -0.15) is 0 Å². The molecule has 1 aliphatic heterocycles. The Bertz CT molecular complexity index is 124. The predicted octanol–water partition coefficient (Wildman–Crippen LogP) is 0.718. The number of hydrogen-bond donors (Lipinski definition) is 1. The molecule has 0 saturated carbocycles. The van der Waals surface area contributed by atoms with Gasteiger partial charge in [0.1, 0.15) is 0 Å². The maximum absolute atomic E-state index is 7.23. The number of likely N-dealkylation sites (tertiary alicyclic amines) is 1. The topological polar surface area (TPSA) is 39.5 Å². The van der Waals surface area contributed by atoms with Gasteiger partial charge in [-0.3, -0.25) is 5.41 Å². The summed E-state index contributed by atoms with van der Waals surface area (Å²) in [6.07, 6.45) is 2.38.